The maximum absolute atomic E-state index is 7.67. The van der Waals surface area contributed by atoms with Crippen LogP contribution < -0.4 is 11.1 Å². The molecular weight excluding hydrogens is 346 g/mol. The lowest BCUT2D eigenvalue weighted by molar-refractivity contribution is 0.927. The number of aliphatic imine (C=N–C) groups is 1. The molecule has 2 heterocycles. The predicted molar refractivity (Wildman–Crippen MR) is 118 cm³/mol. The van der Waals surface area contributed by atoms with Gasteiger partial charge in [0.15, 0.2) is 0 Å². The standard InChI is InChI=1S/C21H21N5.C2H6/c1-12-7-8-13(2)16(11-12)18-15-9-10-24-19(15)20(26-21(22)23)14-5-3-4-6-17(14)25-18;1-2/h3-11,18,24-25H,1-2H3,(H3,22,23);1-2H3/b26-20-;. The summed E-state index contributed by atoms with van der Waals surface area (Å²) in [5.74, 6) is -0.208. The van der Waals surface area contributed by atoms with E-state index in [1.54, 1.807) is 0 Å². The van der Waals surface area contributed by atoms with Crippen molar-refractivity contribution in [2.45, 2.75) is 33.7 Å². The molecular formula is C23H27N5. The quantitative estimate of drug-likeness (QED) is 0.361. The lowest BCUT2D eigenvalue weighted by Gasteiger charge is -2.21. The molecule has 0 saturated carbocycles. The van der Waals surface area contributed by atoms with E-state index in [1.807, 2.05) is 44.3 Å². The van der Waals surface area contributed by atoms with E-state index in [1.165, 1.54) is 16.7 Å². The fourth-order valence-electron chi connectivity index (χ4n) is 3.56. The molecule has 5 N–H and O–H groups in total. The number of hydrogen-bond acceptors (Lipinski definition) is 2. The number of aryl methyl sites for hydroxylation is 2. The van der Waals surface area contributed by atoms with Crippen molar-refractivity contribution in [1.29, 1.82) is 5.41 Å². The van der Waals surface area contributed by atoms with Gasteiger partial charge in [0.2, 0.25) is 5.96 Å². The maximum atomic E-state index is 7.67. The van der Waals surface area contributed by atoms with Crippen molar-refractivity contribution in [1.82, 2.24) is 4.98 Å². The molecule has 1 unspecified atom stereocenters. The number of aromatic nitrogens is 1. The molecule has 0 spiro atoms. The number of para-hydroxylation sites is 1. The van der Waals surface area contributed by atoms with Crippen molar-refractivity contribution in [3.63, 3.8) is 0 Å². The topological polar surface area (TPSA) is 90.1 Å². The first-order valence-corrected chi connectivity index (χ1v) is 9.58. The summed E-state index contributed by atoms with van der Waals surface area (Å²) in [6.45, 7) is 8.23. The second-order valence-corrected chi connectivity index (χ2v) is 6.64. The molecule has 28 heavy (non-hydrogen) atoms. The van der Waals surface area contributed by atoms with Gasteiger partial charge in [-0.2, -0.15) is 0 Å². The molecule has 0 radical (unpaired) electrons. The number of hydrogen-bond donors (Lipinski definition) is 4. The highest BCUT2D eigenvalue weighted by Crippen LogP contribution is 2.37. The summed E-state index contributed by atoms with van der Waals surface area (Å²) in [5, 5.41) is 11.3. The summed E-state index contributed by atoms with van der Waals surface area (Å²) in [7, 11) is 0. The van der Waals surface area contributed by atoms with Crippen LogP contribution in [0.3, 0.4) is 0 Å². The van der Waals surface area contributed by atoms with E-state index >= 15 is 0 Å². The van der Waals surface area contributed by atoms with Crippen LogP contribution in [0.1, 0.15) is 53.4 Å². The van der Waals surface area contributed by atoms with Crippen molar-refractivity contribution in [3.8, 4) is 0 Å². The van der Waals surface area contributed by atoms with Gasteiger partial charge in [0.05, 0.1) is 11.7 Å². The van der Waals surface area contributed by atoms with Gasteiger partial charge in [-0.1, -0.05) is 55.8 Å². The summed E-state index contributed by atoms with van der Waals surface area (Å²) in [5.41, 5.74) is 13.9. The Morgan fingerprint density at radius 3 is 2.54 bits per heavy atom. The third-order valence-electron chi connectivity index (χ3n) is 4.79. The second-order valence-electron chi connectivity index (χ2n) is 6.64. The number of aromatic amines is 1. The largest absolute Gasteiger partial charge is 0.373 e. The minimum absolute atomic E-state index is 0.0167. The molecule has 4 rings (SSSR count). The molecule has 0 bridgehead atoms. The Morgan fingerprint density at radius 2 is 1.79 bits per heavy atom. The molecule has 1 aliphatic rings. The van der Waals surface area contributed by atoms with E-state index < -0.39 is 0 Å². The fourth-order valence-corrected chi connectivity index (χ4v) is 3.56. The van der Waals surface area contributed by atoms with Crippen molar-refractivity contribution in [2.75, 3.05) is 5.32 Å². The first-order chi connectivity index (χ1) is 13.5. The molecule has 3 aromatic rings. The lowest BCUT2D eigenvalue weighted by atomic mass is 9.93. The van der Waals surface area contributed by atoms with Crippen molar-refractivity contribution < 1.29 is 0 Å². The van der Waals surface area contributed by atoms with Crippen LogP contribution in [0.15, 0.2) is 59.7 Å². The highest BCUT2D eigenvalue weighted by Gasteiger charge is 2.28. The minimum atomic E-state index is -0.208. The van der Waals surface area contributed by atoms with Gasteiger partial charge in [-0.05, 0) is 37.1 Å². The Bertz CT molecular complexity index is 1030. The fraction of sp³-hybridized carbons (Fsp3) is 0.217. The first-order valence-electron chi connectivity index (χ1n) is 9.58. The van der Waals surface area contributed by atoms with Gasteiger partial charge in [-0.25, -0.2) is 4.99 Å². The maximum Gasteiger partial charge on any atom is 0.213 e. The van der Waals surface area contributed by atoms with Gasteiger partial charge >= 0.3 is 0 Å². The number of rotatable bonds is 1. The smallest absolute Gasteiger partial charge is 0.213 e. The first kappa shape index (κ1) is 19.4. The SMILES string of the molecule is CC.Cc1ccc(C)c(C2Nc3ccccc3/C(=N/C(=N)N)c3[nH]ccc32)c1. The van der Waals surface area contributed by atoms with Gasteiger partial charge < -0.3 is 16.0 Å². The summed E-state index contributed by atoms with van der Waals surface area (Å²) in [6.07, 6.45) is 1.91. The highest BCUT2D eigenvalue weighted by atomic mass is 15.0. The molecule has 0 fully saturated rings. The van der Waals surface area contributed by atoms with Gasteiger partial charge in [-0.15, -0.1) is 0 Å². The van der Waals surface area contributed by atoms with E-state index in [0.717, 1.165) is 22.5 Å². The zero-order valence-electron chi connectivity index (χ0n) is 16.8. The number of fused-ring (bicyclic) bond motifs is 2. The van der Waals surface area contributed by atoms with Crippen LogP contribution in [-0.4, -0.2) is 16.7 Å². The van der Waals surface area contributed by atoms with Gasteiger partial charge in [0.25, 0.3) is 0 Å². The summed E-state index contributed by atoms with van der Waals surface area (Å²) >= 11 is 0. The van der Waals surface area contributed by atoms with Gasteiger partial charge in [0.1, 0.15) is 5.71 Å². The Kier molecular flexibility index (Phi) is 5.64. The van der Waals surface area contributed by atoms with Crippen LogP contribution in [0.5, 0.6) is 0 Å². The Hall–Kier alpha value is -3.34. The summed E-state index contributed by atoms with van der Waals surface area (Å²) in [6, 6.07) is 16.6. The number of nitrogens with one attached hydrogen (secondary N) is 3. The highest BCUT2D eigenvalue weighted by molar-refractivity contribution is 6.19. The van der Waals surface area contributed by atoms with Crippen molar-refractivity contribution in [3.05, 3.63) is 88.2 Å². The van der Waals surface area contributed by atoms with Crippen molar-refractivity contribution in [2.24, 2.45) is 10.7 Å². The Balaban J connectivity index is 0.00000109. The van der Waals surface area contributed by atoms with E-state index in [4.69, 9.17) is 11.1 Å². The molecule has 0 aliphatic carbocycles. The van der Waals surface area contributed by atoms with E-state index in [9.17, 15) is 0 Å². The third-order valence-corrected chi connectivity index (χ3v) is 4.79. The normalized spacial score (nSPS) is 16.1. The monoisotopic (exact) mass is 373 g/mol. The Labute approximate surface area is 166 Å². The zero-order valence-corrected chi connectivity index (χ0v) is 16.8. The molecule has 5 heteroatoms. The Morgan fingerprint density at radius 1 is 1.04 bits per heavy atom. The van der Waals surface area contributed by atoms with Crippen LogP contribution in [0.4, 0.5) is 5.69 Å². The van der Waals surface area contributed by atoms with E-state index in [0.29, 0.717) is 5.71 Å². The number of guanidine groups is 1. The predicted octanol–water partition coefficient (Wildman–Crippen LogP) is 4.90. The number of nitrogens with zero attached hydrogens (tertiary/aromatic N) is 1. The number of benzene rings is 2. The van der Waals surface area contributed by atoms with Crippen LogP contribution in [0, 0.1) is 19.3 Å². The molecule has 5 nitrogen and oxygen atoms in total. The number of H-pyrrole nitrogens is 1. The zero-order chi connectivity index (χ0) is 20.3. The molecule has 0 saturated heterocycles. The van der Waals surface area contributed by atoms with E-state index in [-0.39, 0.29) is 12.0 Å². The minimum Gasteiger partial charge on any atom is -0.373 e. The molecule has 1 atom stereocenters. The average Bonchev–Trinajstić information content (AvgIpc) is 3.13. The van der Waals surface area contributed by atoms with Crippen LogP contribution >= 0.6 is 0 Å². The molecule has 1 aromatic heterocycles. The van der Waals surface area contributed by atoms with Gasteiger partial charge in [0, 0.05) is 23.0 Å². The molecule has 2 aromatic carbocycles. The lowest BCUT2D eigenvalue weighted by Crippen LogP contribution is -2.14. The molecule has 0 amide bonds. The third kappa shape index (κ3) is 3.56. The number of anilines is 1. The van der Waals surface area contributed by atoms with E-state index in [2.05, 4.69) is 53.4 Å². The van der Waals surface area contributed by atoms with Crippen LogP contribution in [-0.2, 0) is 0 Å². The van der Waals surface area contributed by atoms with Crippen LogP contribution in [0.25, 0.3) is 0 Å². The molecule has 1 aliphatic heterocycles. The summed E-state index contributed by atoms with van der Waals surface area (Å²) < 4.78 is 0. The van der Waals surface area contributed by atoms with Crippen molar-refractivity contribution >= 4 is 17.4 Å². The average molecular weight is 374 g/mol. The second kappa shape index (κ2) is 8.13. The van der Waals surface area contributed by atoms with Crippen LogP contribution in [0.2, 0.25) is 0 Å². The number of nitrogens with two attached hydrogens (primary N) is 1. The summed E-state index contributed by atoms with van der Waals surface area (Å²) in [4.78, 5) is 7.63. The van der Waals surface area contributed by atoms with Gasteiger partial charge in [-0.3, -0.25) is 5.41 Å². The molecule has 144 valence electrons.